The van der Waals surface area contributed by atoms with Crippen LogP contribution in [0.2, 0.25) is 0 Å². The third-order valence-electron chi connectivity index (χ3n) is 2.24. The van der Waals surface area contributed by atoms with Gasteiger partial charge in [0.1, 0.15) is 0 Å². The third kappa shape index (κ3) is 5.50. The van der Waals surface area contributed by atoms with E-state index in [1.165, 1.54) is 6.42 Å². The third-order valence-corrected chi connectivity index (χ3v) is 2.24. The molecule has 1 aromatic heterocycles. The number of rotatable bonds is 7. The minimum atomic E-state index is 0.485. The molecule has 1 unspecified atom stereocenters. The zero-order valence-electron chi connectivity index (χ0n) is 9.66. The molecule has 2 N–H and O–H groups in total. The minimum Gasteiger partial charge on any atom is -0.315 e. The maximum absolute atomic E-state index is 4.26. The molecule has 15 heavy (non-hydrogen) atoms. The molecule has 0 aliphatic heterocycles. The molecule has 0 saturated heterocycles. The van der Waals surface area contributed by atoms with E-state index < -0.39 is 0 Å². The molecule has 3 heteroatoms. The van der Waals surface area contributed by atoms with E-state index >= 15 is 0 Å². The van der Waals surface area contributed by atoms with Gasteiger partial charge in [0.05, 0.1) is 5.69 Å². The van der Waals surface area contributed by atoms with Gasteiger partial charge in [0.2, 0.25) is 0 Å². The van der Waals surface area contributed by atoms with Crippen LogP contribution in [-0.2, 0) is 6.54 Å². The van der Waals surface area contributed by atoms with E-state index in [0.29, 0.717) is 6.04 Å². The molecule has 0 bridgehead atoms. The Balaban J connectivity index is 2.14. The van der Waals surface area contributed by atoms with Crippen LogP contribution < -0.4 is 10.6 Å². The van der Waals surface area contributed by atoms with Gasteiger partial charge >= 0.3 is 0 Å². The molecular weight excluding hydrogens is 186 g/mol. The Labute approximate surface area is 92.3 Å². The standard InChI is InChI=1S/C12H21N3/c1-3-7-13-9-11(2)15-10-12-6-4-5-8-14-12/h4-6,8,11,13,15H,3,7,9-10H2,1-2H3. The molecule has 0 saturated carbocycles. The second-order valence-corrected chi connectivity index (χ2v) is 3.81. The first-order valence-corrected chi connectivity index (χ1v) is 5.67. The summed E-state index contributed by atoms with van der Waals surface area (Å²) in [4.78, 5) is 4.26. The molecule has 0 spiro atoms. The van der Waals surface area contributed by atoms with Crippen LogP contribution >= 0.6 is 0 Å². The molecule has 84 valence electrons. The molecule has 1 atom stereocenters. The Morgan fingerprint density at radius 2 is 2.27 bits per heavy atom. The highest BCUT2D eigenvalue weighted by Crippen LogP contribution is 1.93. The van der Waals surface area contributed by atoms with Crippen molar-refractivity contribution in [3.05, 3.63) is 30.1 Å². The van der Waals surface area contributed by atoms with Gasteiger partial charge in [0, 0.05) is 25.3 Å². The second-order valence-electron chi connectivity index (χ2n) is 3.81. The number of nitrogens with one attached hydrogen (secondary N) is 2. The van der Waals surface area contributed by atoms with Crippen LogP contribution in [0, 0.1) is 0 Å². The first-order valence-electron chi connectivity index (χ1n) is 5.67. The smallest absolute Gasteiger partial charge is 0.0541 e. The van der Waals surface area contributed by atoms with Crippen molar-refractivity contribution >= 4 is 0 Å². The molecule has 0 aromatic carbocycles. The van der Waals surface area contributed by atoms with E-state index in [2.05, 4.69) is 29.5 Å². The number of hydrogen-bond acceptors (Lipinski definition) is 3. The van der Waals surface area contributed by atoms with Crippen molar-refractivity contribution < 1.29 is 0 Å². The Hall–Kier alpha value is -0.930. The summed E-state index contributed by atoms with van der Waals surface area (Å²) >= 11 is 0. The van der Waals surface area contributed by atoms with Gasteiger partial charge in [-0.3, -0.25) is 4.98 Å². The maximum atomic E-state index is 4.26. The topological polar surface area (TPSA) is 37.0 Å². The lowest BCUT2D eigenvalue weighted by atomic mass is 10.3. The molecule has 1 heterocycles. The fourth-order valence-electron chi connectivity index (χ4n) is 1.35. The molecule has 1 aromatic rings. The van der Waals surface area contributed by atoms with E-state index in [-0.39, 0.29) is 0 Å². The monoisotopic (exact) mass is 207 g/mol. The quantitative estimate of drug-likeness (QED) is 0.666. The average molecular weight is 207 g/mol. The van der Waals surface area contributed by atoms with E-state index in [1.807, 2.05) is 24.4 Å². The van der Waals surface area contributed by atoms with Crippen LogP contribution in [0.5, 0.6) is 0 Å². The van der Waals surface area contributed by atoms with Crippen LogP contribution in [0.1, 0.15) is 26.0 Å². The fourth-order valence-corrected chi connectivity index (χ4v) is 1.35. The lowest BCUT2D eigenvalue weighted by molar-refractivity contribution is 0.498. The highest BCUT2D eigenvalue weighted by molar-refractivity contribution is 5.03. The van der Waals surface area contributed by atoms with Gasteiger partial charge in [-0.05, 0) is 32.0 Å². The number of pyridine rings is 1. The normalized spacial score (nSPS) is 12.7. The molecule has 1 rings (SSSR count). The van der Waals surface area contributed by atoms with Crippen molar-refractivity contribution in [1.29, 1.82) is 0 Å². The van der Waals surface area contributed by atoms with Gasteiger partial charge in [-0.25, -0.2) is 0 Å². The zero-order valence-corrected chi connectivity index (χ0v) is 9.66. The zero-order chi connectivity index (χ0) is 10.9. The van der Waals surface area contributed by atoms with Crippen LogP contribution in [0.25, 0.3) is 0 Å². The van der Waals surface area contributed by atoms with Crippen molar-refractivity contribution in [2.24, 2.45) is 0 Å². The van der Waals surface area contributed by atoms with Crippen molar-refractivity contribution in [2.45, 2.75) is 32.9 Å². The summed E-state index contributed by atoms with van der Waals surface area (Å²) < 4.78 is 0. The van der Waals surface area contributed by atoms with Gasteiger partial charge in [-0.2, -0.15) is 0 Å². The van der Waals surface area contributed by atoms with Crippen molar-refractivity contribution in [2.75, 3.05) is 13.1 Å². The highest BCUT2D eigenvalue weighted by atomic mass is 15.0. The fraction of sp³-hybridized carbons (Fsp3) is 0.583. The van der Waals surface area contributed by atoms with Gasteiger partial charge in [-0.15, -0.1) is 0 Å². The molecule has 0 fully saturated rings. The van der Waals surface area contributed by atoms with Crippen LogP contribution in [0.4, 0.5) is 0 Å². The Kier molecular flexibility index (Phi) is 5.97. The Morgan fingerprint density at radius 1 is 1.40 bits per heavy atom. The first kappa shape index (κ1) is 12.1. The summed E-state index contributed by atoms with van der Waals surface area (Å²) in [6.45, 7) is 7.32. The molecule has 0 aliphatic rings. The van der Waals surface area contributed by atoms with E-state index in [4.69, 9.17) is 0 Å². The second kappa shape index (κ2) is 7.37. The van der Waals surface area contributed by atoms with Gasteiger partial charge in [0.15, 0.2) is 0 Å². The molecular formula is C12H21N3. The maximum Gasteiger partial charge on any atom is 0.0541 e. The highest BCUT2D eigenvalue weighted by Gasteiger charge is 2.00. The van der Waals surface area contributed by atoms with Gasteiger partial charge < -0.3 is 10.6 Å². The minimum absolute atomic E-state index is 0.485. The largest absolute Gasteiger partial charge is 0.315 e. The molecule has 0 aliphatic carbocycles. The predicted molar refractivity (Wildman–Crippen MR) is 63.7 cm³/mol. The first-order chi connectivity index (χ1) is 7.33. The van der Waals surface area contributed by atoms with Crippen molar-refractivity contribution in [1.82, 2.24) is 15.6 Å². The van der Waals surface area contributed by atoms with Crippen LogP contribution in [-0.4, -0.2) is 24.1 Å². The summed E-state index contributed by atoms with van der Waals surface area (Å²) in [6, 6.07) is 6.48. The average Bonchev–Trinajstić information content (AvgIpc) is 2.28. The lowest BCUT2D eigenvalue weighted by Gasteiger charge is -2.13. The van der Waals surface area contributed by atoms with Crippen LogP contribution in [0.15, 0.2) is 24.4 Å². The lowest BCUT2D eigenvalue weighted by Crippen LogP contribution is -2.36. The van der Waals surface area contributed by atoms with E-state index in [9.17, 15) is 0 Å². The van der Waals surface area contributed by atoms with E-state index in [1.54, 1.807) is 0 Å². The molecule has 0 amide bonds. The number of aromatic nitrogens is 1. The van der Waals surface area contributed by atoms with Crippen molar-refractivity contribution in [3.63, 3.8) is 0 Å². The van der Waals surface area contributed by atoms with Crippen LogP contribution in [0.3, 0.4) is 0 Å². The molecule has 0 radical (unpaired) electrons. The number of hydrogen-bond donors (Lipinski definition) is 2. The predicted octanol–water partition coefficient (Wildman–Crippen LogP) is 1.56. The summed E-state index contributed by atoms with van der Waals surface area (Å²) in [5.41, 5.74) is 1.10. The van der Waals surface area contributed by atoms with Gasteiger partial charge in [0.25, 0.3) is 0 Å². The van der Waals surface area contributed by atoms with E-state index in [0.717, 1.165) is 25.3 Å². The summed E-state index contributed by atoms with van der Waals surface area (Å²) in [5, 5.41) is 6.82. The Morgan fingerprint density at radius 3 is 2.93 bits per heavy atom. The number of nitrogens with zero attached hydrogens (tertiary/aromatic N) is 1. The SMILES string of the molecule is CCCNCC(C)NCc1ccccn1. The molecule has 3 nitrogen and oxygen atoms in total. The van der Waals surface area contributed by atoms with Gasteiger partial charge in [-0.1, -0.05) is 13.0 Å². The summed E-state index contributed by atoms with van der Waals surface area (Å²) in [5.74, 6) is 0. The van der Waals surface area contributed by atoms with Crippen molar-refractivity contribution in [3.8, 4) is 0 Å². The summed E-state index contributed by atoms with van der Waals surface area (Å²) in [7, 11) is 0. The summed E-state index contributed by atoms with van der Waals surface area (Å²) in [6.07, 6.45) is 3.02. The Bertz CT molecular complexity index is 248.